The van der Waals surface area contributed by atoms with Gasteiger partial charge in [-0.2, -0.15) is 9.78 Å². The van der Waals surface area contributed by atoms with Crippen LogP contribution in [0.4, 0.5) is 0 Å². The first-order chi connectivity index (χ1) is 10.8. The highest BCUT2D eigenvalue weighted by molar-refractivity contribution is 7.98. The number of furan rings is 1. The predicted molar refractivity (Wildman–Crippen MR) is 84.3 cm³/mol. The second-order valence-corrected chi connectivity index (χ2v) is 5.09. The lowest BCUT2D eigenvalue weighted by molar-refractivity contribution is 0.270. The average molecular weight is 314 g/mol. The lowest BCUT2D eigenvalue weighted by Crippen LogP contribution is -1.93. The number of nitrogens with zero attached hydrogens (tertiary/aromatic N) is 4. The highest BCUT2D eigenvalue weighted by Crippen LogP contribution is 2.14. The van der Waals surface area contributed by atoms with Gasteiger partial charge in [0.05, 0.1) is 6.21 Å². The third-order valence-corrected chi connectivity index (χ3v) is 3.43. The lowest BCUT2D eigenvalue weighted by atomic mass is 10.3. The van der Waals surface area contributed by atoms with Crippen molar-refractivity contribution in [1.29, 1.82) is 0 Å². The molecule has 0 saturated heterocycles. The van der Waals surface area contributed by atoms with Crippen molar-refractivity contribution >= 4 is 18.0 Å². The summed E-state index contributed by atoms with van der Waals surface area (Å²) in [4.78, 5) is 0. The fourth-order valence-electron chi connectivity index (χ4n) is 1.76. The Balaban J connectivity index is 1.61. The van der Waals surface area contributed by atoms with Crippen LogP contribution in [0.1, 0.15) is 11.5 Å². The van der Waals surface area contributed by atoms with E-state index in [1.165, 1.54) is 11.8 Å². The smallest absolute Gasteiger partial charge is 0.211 e. The van der Waals surface area contributed by atoms with Crippen LogP contribution in [0.5, 0.6) is 5.75 Å². The molecule has 7 heteroatoms. The van der Waals surface area contributed by atoms with Crippen molar-refractivity contribution in [3.05, 3.63) is 60.3 Å². The first-order valence-electron chi connectivity index (χ1n) is 6.60. The van der Waals surface area contributed by atoms with E-state index in [1.807, 2.05) is 48.7 Å². The van der Waals surface area contributed by atoms with Crippen molar-refractivity contribution < 1.29 is 9.15 Å². The first-order valence-corrected chi connectivity index (χ1v) is 7.82. The SMILES string of the molecule is CSc1nncn1N=Cc1ccc(COc2ccccc2)o1. The zero-order chi connectivity index (χ0) is 15.2. The summed E-state index contributed by atoms with van der Waals surface area (Å²) in [5.74, 6) is 2.19. The molecule has 0 fully saturated rings. The topological polar surface area (TPSA) is 65.4 Å². The minimum absolute atomic E-state index is 0.376. The van der Waals surface area contributed by atoms with Gasteiger partial charge in [0.25, 0.3) is 0 Å². The van der Waals surface area contributed by atoms with E-state index >= 15 is 0 Å². The predicted octanol–water partition coefficient (Wildman–Crippen LogP) is 3.05. The van der Waals surface area contributed by atoms with Crippen LogP contribution in [0.15, 0.2) is 63.5 Å². The summed E-state index contributed by atoms with van der Waals surface area (Å²) < 4.78 is 12.9. The fourth-order valence-corrected chi connectivity index (χ4v) is 2.17. The Kier molecular flexibility index (Phi) is 4.55. The molecule has 0 bridgehead atoms. The molecule has 0 aliphatic heterocycles. The van der Waals surface area contributed by atoms with E-state index in [4.69, 9.17) is 9.15 Å². The Morgan fingerprint density at radius 3 is 2.95 bits per heavy atom. The van der Waals surface area contributed by atoms with E-state index in [9.17, 15) is 0 Å². The molecule has 0 atom stereocenters. The third-order valence-electron chi connectivity index (χ3n) is 2.80. The average Bonchev–Trinajstić information content (AvgIpc) is 3.20. The van der Waals surface area contributed by atoms with Crippen molar-refractivity contribution in [1.82, 2.24) is 14.9 Å². The minimum atomic E-state index is 0.376. The quantitative estimate of drug-likeness (QED) is 0.517. The van der Waals surface area contributed by atoms with E-state index in [0.29, 0.717) is 12.4 Å². The molecule has 1 aromatic carbocycles. The molecule has 0 aliphatic carbocycles. The summed E-state index contributed by atoms with van der Waals surface area (Å²) in [5.41, 5.74) is 0. The van der Waals surface area contributed by atoms with Crippen LogP contribution >= 0.6 is 11.8 Å². The van der Waals surface area contributed by atoms with Crippen LogP contribution in [0.2, 0.25) is 0 Å². The summed E-state index contributed by atoms with van der Waals surface area (Å²) in [6, 6.07) is 13.3. The molecule has 0 aliphatic rings. The van der Waals surface area contributed by atoms with E-state index in [1.54, 1.807) is 17.2 Å². The number of aromatic nitrogens is 3. The molecule has 3 rings (SSSR count). The van der Waals surface area contributed by atoms with E-state index < -0.39 is 0 Å². The molecule has 112 valence electrons. The van der Waals surface area contributed by atoms with Crippen molar-refractivity contribution in [3.8, 4) is 5.75 Å². The standard InChI is InChI=1S/C15H14N4O2S/c1-22-15-18-16-11-19(15)17-9-13-7-8-14(21-13)10-20-12-5-3-2-4-6-12/h2-9,11H,10H2,1H3. The highest BCUT2D eigenvalue weighted by Gasteiger charge is 2.03. The van der Waals surface area contributed by atoms with Crippen LogP contribution in [-0.4, -0.2) is 27.3 Å². The third kappa shape index (κ3) is 3.56. The van der Waals surface area contributed by atoms with Crippen LogP contribution in [-0.2, 0) is 6.61 Å². The maximum atomic E-state index is 5.64. The van der Waals surface area contributed by atoms with Gasteiger partial charge in [0.1, 0.15) is 30.2 Å². The van der Waals surface area contributed by atoms with E-state index in [0.717, 1.165) is 16.7 Å². The van der Waals surface area contributed by atoms with Crippen molar-refractivity contribution in [3.63, 3.8) is 0 Å². The summed E-state index contributed by atoms with van der Waals surface area (Å²) in [5, 5.41) is 12.7. The summed E-state index contributed by atoms with van der Waals surface area (Å²) >= 11 is 1.47. The Morgan fingerprint density at radius 1 is 1.27 bits per heavy atom. The van der Waals surface area contributed by atoms with Crippen molar-refractivity contribution in [2.45, 2.75) is 11.8 Å². The molecule has 0 unspecified atom stereocenters. The number of hydrogen-bond acceptors (Lipinski definition) is 6. The van der Waals surface area contributed by atoms with Gasteiger partial charge in [-0.1, -0.05) is 30.0 Å². The van der Waals surface area contributed by atoms with Gasteiger partial charge in [-0.15, -0.1) is 10.2 Å². The van der Waals surface area contributed by atoms with Crippen LogP contribution in [0.25, 0.3) is 0 Å². The van der Waals surface area contributed by atoms with Crippen LogP contribution in [0, 0.1) is 0 Å². The molecule has 2 heterocycles. The van der Waals surface area contributed by atoms with Crippen molar-refractivity contribution in [2.75, 3.05) is 6.26 Å². The summed E-state index contributed by atoms with van der Waals surface area (Å²) in [6.07, 6.45) is 5.09. The zero-order valence-electron chi connectivity index (χ0n) is 11.9. The van der Waals surface area contributed by atoms with Crippen LogP contribution < -0.4 is 4.74 Å². The number of ether oxygens (including phenoxy) is 1. The monoisotopic (exact) mass is 314 g/mol. The summed E-state index contributed by atoms with van der Waals surface area (Å²) in [7, 11) is 0. The van der Waals surface area contributed by atoms with E-state index in [-0.39, 0.29) is 0 Å². The number of thioether (sulfide) groups is 1. The fraction of sp³-hybridized carbons (Fsp3) is 0.133. The molecule has 0 amide bonds. The van der Waals surface area contributed by atoms with Gasteiger partial charge in [-0.3, -0.25) is 0 Å². The molecule has 0 N–H and O–H groups in total. The summed E-state index contributed by atoms with van der Waals surface area (Å²) in [6.45, 7) is 0.376. The van der Waals surface area contributed by atoms with Gasteiger partial charge < -0.3 is 9.15 Å². The number of para-hydroxylation sites is 1. The maximum absolute atomic E-state index is 5.64. The van der Waals surface area contributed by atoms with Crippen molar-refractivity contribution in [2.24, 2.45) is 5.10 Å². The van der Waals surface area contributed by atoms with Gasteiger partial charge in [0, 0.05) is 0 Å². The Bertz CT molecular complexity index is 752. The maximum Gasteiger partial charge on any atom is 0.211 e. The molecule has 22 heavy (non-hydrogen) atoms. The zero-order valence-corrected chi connectivity index (χ0v) is 12.7. The molecule has 3 aromatic rings. The second-order valence-electron chi connectivity index (χ2n) is 4.31. The normalized spacial score (nSPS) is 11.1. The molecule has 0 radical (unpaired) electrons. The molecule has 2 aromatic heterocycles. The Hall–Kier alpha value is -2.54. The van der Waals surface area contributed by atoms with Crippen LogP contribution in [0.3, 0.4) is 0 Å². The Labute approximate surface area is 131 Å². The number of benzene rings is 1. The van der Waals surface area contributed by atoms with Gasteiger partial charge in [0.2, 0.25) is 5.16 Å². The van der Waals surface area contributed by atoms with Gasteiger partial charge in [-0.05, 0) is 30.5 Å². The molecular weight excluding hydrogens is 300 g/mol. The number of rotatable bonds is 6. The largest absolute Gasteiger partial charge is 0.486 e. The molecule has 6 nitrogen and oxygen atoms in total. The van der Waals surface area contributed by atoms with E-state index in [2.05, 4.69) is 15.3 Å². The lowest BCUT2D eigenvalue weighted by Gasteiger charge is -2.02. The minimum Gasteiger partial charge on any atom is -0.486 e. The van der Waals surface area contributed by atoms with Gasteiger partial charge in [0.15, 0.2) is 0 Å². The molecular formula is C15H14N4O2S. The van der Waals surface area contributed by atoms with Gasteiger partial charge >= 0.3 is 0 Å². The second kappa shape index (κ2) is 6.95. The molecule has 0 saturated carbocycles. The van der Waals surface area contributed by atoms with Gasteiger partial charge in [-0.25, -0.2) is 0 Å². The first kappa shape index (κ1) is 14.4. The number of hydrogen-bond donors (Lipinski definition) is 0. The molecule has 0 spiro atoms. The highest BCUT2D eigenvalue weighted by atomic mass is 32.2. The Morgan fingerprint density at radius 2 is 2.14 bits per heavy atom.